The summed E-state index contributed by atoms with van der Waals surface area (Å²) >= 11 is 1.66. The van der Waals surface area contributed by atoms with Crippen molar-refractivity contribution in [2.45, 2.75) is 32.0 Å². The van der Waals surface area contributed by atoms with Gasteiger partial charge in [0.15, 0.2) is 10.8 Å². The van der Waals surface area contributed by atoms with Gasteiger partial charge in [-0.3, -0.25) is 4.40 Å². The number of aromatic nitrogens is 3. The van der Waals surface area contributed by atoms with Crippen LogP contribution in [0, 0.1) is 5.41 Å². The van der Waals surface area contributed by atoms with E-state index >= 15 is 0 Å². The summed E-state index contributed by atoms with van der Waals surface area (Å²) in [4.78, 5) is 0. The molecule has 1 unspecified atom stereocenters. The predicted octanol–water partition coefficient (Wildman–Crippen LogP) is 2.19. The normalized spacial score (nSPS) is 14.1. The molecule has 0 fully saturated rings. The Morgan fingerprint density at radius 2 is 2.12 bits per heavy atom. The van der Waals surface area contributed by atoms with Gasteiger partial charge in [-0.25, -0.2) is 0 Å². The molecule has 92 valence electrons. The van der Waals surface area contributed by atoms with Crippen molar-refractivity contribution in [1.82, 2.24) is 14.6 Å². The Morgan fingerprint density at radius 1 is 1.35 bits per heavy atom. The predicted molar refractivity (Wildman–Crippen MR) is 71.1 cm³/mol. The third-order valence-corrected chi connectivity index (χ3v) is 3.85. The lowest BCUT2D eigenvalue weighted by Crippen LogP contribution is -2.37. The van der Waals surface area contributed by atoms with Crippen molar-refractivity contribution in [1.29, 1.82) is 0 Å². The fourth-order valence-corrected chi connectivity index (χ4v) is 2.55. The lowest BCUT2D eigenvalue weighted by atomic mass is 9.89. The van der Waals surface area contributed by atoms with Crippen molar-refractivity contribution in [3.63, 3.8) is 0 Å². The first-order valence-electron chi connectivity index (χ1n) is 5.66. The highest BCUT2D eigenvalue weighted by atomic mass is 32.2. The Balaban J connectivity index is 2.09. The summed E-state index contributed by atoms with van der Waals surface area (Å²) in [7, 11) is 0. The van der Waals surface area contributed by atoms with E-state index in [1.165, 1.54) is 0 Å². The fraction of sp³-hybridized carbons (Fsp3) is 0.500. The fourth-order valence-electron chi connectivity index (χ4n) is 1.33. The van der Waals surface area contributed by atoms with E-state index in [-0.39, 0.29) is 11.5 Å². The lowest BCUT2D eigenvalue weighted by Gasteiger charge is -2.26. The quantitative estimate of drug-likeness (QED) is 0.848. The Bertz CT molecular complexity index is 500. The summed E-state index contributed by atoms with van der Waals surface area (Å²) in [5, 5.41) is 9.18. The summed E-state index contributed by atoms with van der Waals surface area (Å²) in [6, 6.07) is 6.02. The first-order valence-corrected chi connectivity index (χ1v) is 6.65. The van der Waals surface area contributed by atoms with Crippen molar-refractivity contribution in [3.8, 4) is 0 Å². The molecular formula is C12H18N4S. The van der Waals surface area contributed by atoms with Gasteiger partial charge in [-0.05, 0) is 17.5 Å². The number of hydrogen-bond acceptors (Lipinski definition) is 4. The summed E-state index contributed by atoms with van der Waals surface area (Å²) < 4.78 is 1.99. The van der Waals surface area contributed by atoms with E-state index in [0.29, 0.717) is 0 Å². The van der Waals surface area contributed by atoms with Gasteiger partial charge in [0.25, 0.3) is 0 Å². The van der Waals surface area contributed by atoms with E-state index in [0.717, 1.165) is 16.6 Å². The molecule has 0 bridgehead atoms. The van der Waals surface area contributed by atoms with Crippen LogP contribution < -0.4 is 5.73 Å². The molecule has 0 aromatic carbocycles. The van der Waals surface area contributed by atoms with Crippen molar-refractivity contribution in [2.24, 2.45) is 11.1 Å². The second-order valence-corrected chi connectivity index (χ2v) is 6.18. The maximum atomic E-state index is 6.13. The molecule has 0 aliphatic rings. The third kappa shape index (κ3) is 2.79. The smallest absolute Gasteiger partial charge is 0.195 e. The number of nitrogens with zero attached hydrogens (tertiary/aromatic N) is 3. The van der Waals surface area contributed by atoms with E-state index < -0.39 is 0 Å². The Kier molecular flexibility index (Phi) is 3.40. The second kappa shape index (κ2) is 4.66. The van der Waals surface area contributed by atoms with Crippen LogP contribution in [0.3, 0.4) is 0 Å². The monoisotopic (exact) mass is 250 g/mol. The number of nitrogens with two attached hydrogens (primary N) is 1. The first kappa shape index (κ1) is 12.4. The molecule has 2 heterocycles. The van der Waals surface area contributed by atoms with Gasteiger partial charge in [0.1, 0.15) is 0 Å². The first-order chi connectivity index (χ1) is 7.98. The van der Waals surface area contributed by atoms with Crippen LogP contribution in [0.5, 0.6) is 0 Å². The summed E-state index contributed by atoms with van der Waals surface area (Å²) in [6.07, 6.45) is 1.97. The van der Waals surface area contributed by atoms with Gasteiger partial charge in [0, 0.05) is 18.0 Å². The molecule has 0 aliphatic heterocycles. The number of pyridine rings is 1. The summed E-state index contributed by atoms with van der Waals surface area (Å²) in [5.74, 6) is 0.846. The van der Waals surface area contributed by atoms with Crippen LogP contribution in [-0.2, 0) is 0 Å². The van der Waals surface area contributed by atoms with E-state index in [1.54, 1.807) is 11.8 Å². The highest BCUT2D eigenvalue weighted by Crippen LogP contribution is 2.24. The van der Waals surface area contributed by atoms with Crippen molar-refractivity contribution >= 4 is 17.4 Å². The number of rotatable bonds is 3. The standard InChI is InChI=1S/C12H18N4S/c1-12(2,3)9(13)8-17-11-15-14-10-6-4-5-7-16(10)11/h4-7,9H,8,13H2,1-3H3. The van der Waals surface area contributed by atoms with Crippen LogP contribution in [0.25, 0.3) is 5.65 Å². The molecule has 4 nitrogen and oxygen atoms in total. The average Bonchev–Trinajstić information content (AvgIpc) is 2.68. The molecule has 0 aliphatic carbocycles. The molecule has 17 heavy (non-hydrogen) atoms. The molecular weight excluding hydrogens is 232 g/mol. The Morgan fingerprint density at radius 3 is 2.82 bits per heavy atom. The maximum Gasteiger partial charge on any atom is 0.195 e. The molecule has 0 saturated carbocycles. The van der Waals surface area contributed by atoms with Crippen LogP contribution in [0.15, 0.2) is 29.6 Å². The highest BCUT2D eigenvalue weighted by molar-refractivity contribution is 7.99. The van der Waals surface area contributed by atoms with Crippen molar-refractivity contribution in [2.75, 3.05) is 5.75 Å². The summed E-state index contributed by atoms with van der Waals surface area (Å²) in [6.45, 7) is 6.46. The molecule has 2 aromatic rings. The van der Waals surface area contributed by atoms with Gasteiger partial charge in [-0.15, -0.1) is 10.2 Å². The van der Waals surface area contributed by atoms with Gasteiger partial charge in [0.2, 0.25) is 0 Å². The minimum absolute atomic E-state index is 0.119. The van der Waals surface area contributed by atoms with Crippen LogP contribution in [0.2, 0.25) is 0 Å². The topological polar surface area (TPSA) is 56.2 Å². The van der Waals surface area contributed by atoms with E-state index in [1.807, 2.05) is 28.8 Å². The molecule has 1 atom stereocenters. The van der Waals surface area contributed by atoms with Crippen LogP contribution >= 0.6 is 11.8 Å². The second-order valence-electron chi connectivity index (χ2n) is 5.19. The molecule has 2 N–H and O–H groups in total. The van der Waals surface area contributed by atoms with Gasteiger partial charge >= 0.3 is 0 Å². The lowest BCUT2D eigenvalue weighted by molar-refractivity contribution is 0.344. The Labute approximate surface area is 106 Å². The minimum Gasteiger partial charge on any atom is -0.326 e. The van der Waals surface area contributed by atoms with Gasteiger partial charge in [-0.2, -0.15) is 0 Å². The van der Waals surface area contributed by atoms with Gasteiger partial charge < -0.3 is 5.73 Å². The average molecular weight is 250 g/mol. The number of thioether (sulfide) groups is 1. The third-order valence-electron chi connectivity index (χ3n) is 2.79. The van der Waals surface area contributed by atoms with E-state index in [2.05, 4.69) is 31.0 Å². The number of fused-ring (bicyclic) bond motifs is 1. The largest absolute Gasteiger partial charge is 0.326 e. The molecule has 0 saturated heterocycles. The van der Waals surface area contributed by atoms with E-state index in [4.69, 9.17) is 5.73 Å². The van der Waals surface area contributed by atoms with Gasteiger partial charge in [-0.1, -0.05) is 38.6 Å². The zero-order valence-electron chi connectivity index (χ0n) is 10.4. The van der Waals surface area contributed by atoms with Crippen LogP contribution in [0.1, 0.15) is 20.8 Å². The summed E-state index contributed by atoms with van der Waals surface area (Å²) in [5.41, 5.74) is 7.13. The van der Waals surface area contributed by atoms with Crippen molar-refractivity contribution < 1.29 is 0 Å². The maximum absolute atomic E-state index is 6.13. The number of hydrogen-bond donors (Lipinski definition) is 1. The molecule has 0 radical (unpaired) electrons. The van der Waals surface area contributed by atoms with Crippen molar-refractivity contribution in [3.05, 3.63) is 24.4 Å². The zero-order chi connectivity index (χ0) is 12.5. The SMILES string of the molecule is CC(C)(C)C(N)CSc1nnc2ccccn12. The minimum atomic E-state index is 0.119. The Hall–Kier alpha value is -1.07. The van der Waals surface area contributed by atoms with E-state index in [9.17, 15) is 0 Å². The molecule has 2 aromatic heterocycles. The molecule has 0 spiro atoms. The highest BCUT2D eigenvalue weighted by Gasteiger charge is 2.21. The molecule has 0 amide bonds. The van der Waals surface area contributed by atoms with Crippen LogP contribution in [0.4, 0.5) is 0 Å². The van der Waals surface area contributed by atoms with Crippen LogP contribution in [-0.4, -0.2) is 26.4 Å². The van der Waals surface area contributed by atoms with Gasteiger partial charge in [0.05, 0.1) is 0 Å². The molecule has 5 heteroatoms. The zero-order valence-corrected chi connectivity index (χ0v) is 11.2. The molecule has 2 rings (SSSR count).